The van der Waals surface area contributed by atoms with Crippen LogP contribution in [0.1, 0.15) is 195 Å². The number of aliphatic hydroxyl groups is 1. The summed E-state index contributed by atoms with van der Waals surface area (Å²) in [6.45, 7) is 31.2. The van der Waals surface area contributed by atoms with Gasteiger partial charge in [0.05, 0.1) is 6.10 Å². The molecule has 0 bridgehead atoms. The molecule has 31 nitrogen and oxygen atoms in total. The van der Waals surface area contributed by atoms with E-state index in [1.807, 2.05) is 13.8 Å². The first-order valence-corrected chi connectivity index (χ1v) is 37.4. The van der Waals surface area contributed by atoms with Crippen LogP contribution in [0.2, 0.25) is 0 Å². The molecule has 0 spiro atoms. The number of benzene rings is 1. The lowest BCUT2D eigenvalue weighted by molar-refractivity contribution is -0.157. The minimum atomic E-state index is -1.87. The van der Waals surface area contributed by atoms with E-state index in [-0.39, 0.29) is 56.7 Å². The summed E-state index contributed by atoms with van der Waals surface area (Å²) in [6.07, 6.45) is -0.316. The van der Waals surface area contributed by atoms with Crippen LogP contribution in [0, 0.1) is 47.3 Å². The first-order valence-electron chi connectivity index (χ1n) is 37.4. The molecule has 0 aromatic heterocycles. The summed E-state index contributed by atoms with van der Waals surface area (Å²) in [4.78, 5) is 214. The number of esters is 1. The second-order valence-electron chi connectivity index (χ2n) is 30.3. The van der Waals surface area contributed by atoms with Gasteiger partial charge in [-0.2, -0.15) is 0 Å². The molecular formula is C75H122N14O17. The lowest BCUT2D eigenvalue weighted by Crippen LogP contribution is -2.64. The van der Waals surface area contributed by atoms with Crippen molar-refractivity contribution in [2.45, 2.75) is 280 Å². The van der Waals surface area contributed by atoms with Gasteiger partial charge in [-0.1, -0.05) is 166 Å². The predicted octanol–water partition coefficient (Wildman–Crippen LogP) is 1.36. The second-order valence-corrected chi connectivity index (χ2v) is 30.3. The molecule has 15 N–H and O–H groups in total. The zero-order chi connectivity index (χ0) is 80.3. The number of amides is 14. The average Bonchev–Trinajstić information content (AvgIpc) is 1.45. The van der Waals surface area contributed by atoms with Gasteiger partial charge in [0.25, 0.3) is 5.91 Å². The third kappa shape index (κ3) is 27.7. The molecule has 0 radical (unpaired) electrons. The van der Waals surface area contributed by atoms with Gasteiger partial charge in [-0.3, -0.25) is 67.1 Å². The molecule has 16 atom stereocenters. The van der Waals surface area contributed by atoms with Crippen molar-refractivity contribution in [3.63, 3.8) is 0 Å². The Morgan fingerprint density at radius 3 is 1.67 bits per heavy atom. The van der Waals surface area contributed by atoms with E-state index in [2.05, 4.69) is 63.8 Å². The van der Waals surface area contributed by atoms with E-state index in [4.69, 9.17) is 10.5 Å². The molecule has 106 heavy (non-hydrogen) atoms. The lowest BCUT2D eigenvalue weighted by atomic mass is 9.95. The van der Waals surface area contributed by atoms with E-state index in [9.17, 15) is 67.4 Å². The van der Waals surface area contributed by atoms with E-state index in [0.717, 1.165) is 6.42 Å². The Morgan fingerprint density at radius 2 is 1.14 bits per heavy atom. The van der Waals surface area contributed by atoms with Crippen molar-refractivity contribution in [1.29, 1.82) is 0 Å². The number of rotatable bonds is 33. The number of nitrogens with two attached hydrogens (primary N) is 1. The lowest BCUT2D eigenvalue weighted by Gasteiger charge is -2.33. The molecule has 2 saturated heterocycles. The molecule has 0 aliphatic carbocycles. The number of ether oxygens (including phenoxy) is 1. The maximum Gasteiger partial charge on any atom is 0.329 e. The number of allylic oxidation sites excluding steroid dienone is 1. The van der Waals surface area contributed by atoms with Gasteiger partial charge in [0.15, 0.2) is 0 Å². The van der Waals surface area contributed by atoms with E-state index < -0.39 is 222 Å². The molecule has 2 aliphatic rings. The van der Waals surface area contributed by atoms with Crippen LogP contribution in [0.3, 0.4) is 0 Å². The number of cyclic esters (lactones) is 1. The highest BCUT2D eigenvalue weighted by Gasteiger charge is 2.45. The van der Waals surface area contributed by atoms with E-state index in [1.54, 1.807) is 127 Å². The number of primary amides is 1. The Labute approximate surface area is 624 Å². The fourth-order valence-corrected chi connectivity index (χ4v) is 12.1. The maximum absolute atomic E-state index is 15.0. The van der Waals surface area contributed by atoms with Crippen LogP contribution in [-0.2, 0) is 83.1 Å². The molecule has 3 rings (SSSR count). The fourth-order valence-electron chi connectivity index (χ4n) is 12.1. The first-order chi connectivity index (χ1) is 49.6. The summed E-state index contributed by atoms with van der Waals surface area (Å²) in [6, 6.07) is -8.39. The minimum Gasteiger partial charge on any atom is -0.458 e. The van der Waals surface area contributed by atoms with Gasteiger partial charge < -0.3 is 84.3 Å². The molecule has 0 saturated carbocycles. The Kier molecular flexibility index (Phi) is 37.5. The van der Waals surface area contributed by atoms with Crippen molar-refractivity contribution in [2.24, 2.45) is 53.1 Å². The molecule has 1 aromatic carbocycles. The van der Waals surface area contributed by atoms with Gasteiger partial charge in [0, 0.05) is 25.8 Å². The quantitative estimate of drug-likeness (QED) is 0.0349. The maximum atomic E-state index is 15.0. The molecule has 2 fully saturated rings. The Balaban J connectivity index is 2.02. The molecule has 31 heteroatoms. The Hall–Kier alpha value is -9.03. The normalized spacial score (nSPS) is 22.4. The summed E-state index contributed by atoms with van der Waals surface area (Å²) in [5.74, 6) is -16.8. The summed E-state index contributed by atoms with van der Waals surface area (Å²) in [7, 11) is 0. The number of hydrogen-bond donors (Lipinski definition) is 14. The molecule has 2 aliphatic heterocycles. The summed E-state index contributed by atoms with van der Waals surface area (Å²) in [5.41, 5.74) is 5.94. The molecule has 594 valence electrons. The second kappa shape index (κ2) is 43.6. The molecule has 11 unspecified atom stereocenters. The molecule has 2 heterocycles. The van der Waals surface area contributed by atoms with Gasteiger partial charge in [0.2, 0.25) is 76.8 Å². The van der Waals surface area contributed by atoms with Crippen molar-refractivity contribution >= 4 is 88.7 Å². The number of nitrogens with one attached hydrogen (secondary N) is 12. The summed E-state index contributed by atoms with van der Waals surface area (Å²) < 4.78 is 5.94. The van der Waals surface area contributed by atoms with Gasteiger partial charge in [-0.15, -0.1) is 0 Å². The number of nitrogens with zero attached hydrogens (tertiary/aromatic N) is 1. The Bertz CT molecular complexity index is 3250. The third-order valence-corrected chi connectivity index (χ3v) is 19.2. The van der Waals surface area contributed by atoms with Crippen molar-refractivity contribution in [2.75, 3.05) is 6.54 Å². The summed E-state index contributed by atoms with van der Waals surface area (Å²) >= 11 is 0. The molecular weight excluding hydrogens is 1370 g/mol. The van der Waals surface area contributed by atoms with E-state index >= 15 is 9.59 Å². The van der Waals surface area contributed by atoms with Gasteiger partial charge in [-0.05, 0) is 99.4 Å². The third-order valence-electron chi connectivity index (χ3n) is 19.2. The van der Waals surface area contributed by atoms with Gasteiger partial charge in [-0.25, -0.2) is 4.79 Å². The fraction of sp³-hybridized carbons (Fsp3) is 0.693. The van der Waals surface area contributed by atoms with Gasteiger partial charge >= 0.3 is 5.97 Å². The Morgan fingerprint density at radius 1 is 0.604 bits per heavy atom. The van der Waals surface area contributed by atoms with Crippen molar-refractivity contribution in [3.05, 3.63) is 47.7 Å². The molecule has 14 amide bonds. The van der Waals surface area contributed by atoms with E-state index in [1.165, 1.54) is 31.7 Å². The highest BCUT2D eigenvalue weighted by molar-refractivity contribution is 6.03. The van der Waals surface area contributed by atoms with E-state index in [0.29, 0.717) is 17.9 Å². The topological polar surface area (TPSA) is 459 Å². The van der Waals surface area contributed by atoms with Crippen LogP contribution in [0.4, 0.5) is 0 Å². The van der Waals surface area contributed by atoms with Crippen molar-refractivity contribution < 1.29 is 81.8 Å². The van der Waals surface area contributed by atoms with Crippen LogP contribution in [0.25, 0.3) is 0 Å². The number of likely N-dealkylation sites (tertiary alicyclic amines) is 1. The predicted molar refractivity (Wildman–Crippen MR) is 395 cm³/mol. The first kappa shape index (κ1) is 91.2. The largest absolute Gasteiger partial charge is 0.458 e. The minimum absolute atomic E-state index is 0.0146. The standard InChI is InChI=1S/C75H122N14O17/c1-20-43(16)59(71(101)88-62-46(19)106-75(105)58(42(14)15)84-63(93)48(22-3)77-65(95)50(36-47-29-24-23-25-30-47)79-67(97)55(39(8)9)81-70(100)60(44(17)21-2)86-73(62)103)85-64(94)49(33-34-52(76)91)78-66(96)51-31-27-35-89(51)74(104)57(41(12)13)83-69(99)56(40(10)11)82-72(102)61(45(18)90)87-68(98)54(38(6)7)80-53(92)32-26-28-37(4)5/h22-25,29-30,37-46,49-51,54-62,90H,20-21,26-28,31-36H2,1-19H3,(H2,76,91)(H,77,95)(H,78,96)(H,79,97)(H,80,92)(H,81,100)(H,82,102)(H,83,99)(H,84,93)(H,85,94)(H,86,103)(H,87,98)(H,88,101)/b48-22-/t43?,44?,45?,46?,49-,50-,51+,54?,55?,56?,57?,58?,59+,60+,61?,62?/m0/s1. The monoisotopic (exact) mass is 1490 g/mol. The average molecular weight is 1490 g/mol. The number of hydrogen-bond acceptors (Lipinski definition) is 17. The highest BCUT2D eigenvalue weighted by atomic mass is 16.5. The van der Waals surface area contributed by atoms with Crippen LogP contribution < -0.4 is 69.5 Å². The number of carbonyl (C=O) groups excluding carboxylic acids is 15. The SMILES string of the molecule is C/C=C1\NC(=O)[C@H](Cc2ccccc2)NC(=O)C(C(C)C)NC(=O)[C@@H](C(C)CC)NC(=O)C(NC(=O)[C@H](NC(=O)[C@H](CCC(N)=O)NC(=O)[C@H]2CCCN2C(=O)C(NC(=O)C(NC(=O)C(NC(=O)C(NC(=O)CCCC(C)C)C(C)C)C(C)O)C(C)C)C(C)C)C(C)CC)C(C)OC(=O)C(C(C)C)NC1=O. The van der Waals surface area contributed by atoms with Crippen molar-refractivity contribution in [1.82, 2.24) is 68.7 Å². The van der Waals surface area contributed by atoms with Gasteiger partial charge in [0.1, 0.15) is 84.3 Å². The summed E-state index contributed by atoms with van der Waals surface area (Å²) in [5, 5.41) is 42.7. The zero-order valence-electron chi connectivity index (χ0n) is 65.4. The van der Waals surface area contributed by atoms with Crippen LogP contribution in [0.15, 0.2) is 42.1 Å². The zero-order valence-corrected chi connectivity index (χ0v) is 65.4. The van der Waals surface area contributed by atoms with Crippen molar-refractivity contribution in [3.8, 4) is 0 Å². The number of carbonyl (C=O) groups is 15. The van der Waals surface area contributed by atoms with Crippen LogP contribution in [-0.4, -0.2) is 190 Å². The molecule has 1 aromatic rings. The van der Waals surface area contributed by atoms with Crippen LogP contribution in [0.5, 0.6) is 0 Å². The number of aliphatic hydroxyl groups excluding tert-OH is 1. The smallest absolute Gasteiger partial charge is 0.329 e. The van der Waals surface area contributed by atoms with Crippen LogP contribution >= 0.6 is 0 Å². The highest BCUT2D eigenvalue weighted by Crippen LogP contribution is 2.23.